The van der Waals surface area contributed by atoms with Gasteiger partial charge in [0.15, 0.2) is 0 Å². The van der Waals surface area contributed by atoms with E-state index < -0.39 is 0 Å². The van der Waals surface area contributed by atoms with Gasteiger partial charge in [-0.2, -0.15) is 0 Å². The molecule has 1 N–H and O–H groups in total. The Hall–Kier alpha value is -2.13. The van der Waals surface area contributed by atoms with Crippen LogP contribution in [0.15, 0.2) is 48.5 Å². The van der Waals surface area contributed by atoms with Gasteiger partial charge >= 0.3 is 0 Å². The van der Waals surface area contributed by atoms with Crippen LogP contribution < -0.4 is 5.32 Å². The molecule has 0 bridgehead atoms. The molecule has 3 heteroatoms. The summed E-state index contributed by atoms with van der Waals surface area (Å²) in [5, 5.41) is 3.48. The molecule has 2 aromatic carbocycles. The fourth-order valence-electron chi connectivity index (χ4n) is 3.04. The number of benzene rings is 2. The lowest BCUT2D eigenvalue weighted by molar-refractivity contribution is -0.130. The van der Waals surface area contributed by atoms with Crippen molar-refractivity contribution in [2.75, 3.05) is 14.1 Å². The molecule has 1 atom stereocenters. The molecule has 0 aliphatic heterocycles. The van der Waals surface area contributed by atoms with Crippen LogP contribution in [-0.4, -0.2) is 30.9 Å². The van der Waals surface area contributed by atoms with Crippen LogP contribution in [0.3, 0.4) is 0 Å². The van der Waals surface area contributed by atoms with Gasteiger partial charge in [0.2, 0.25) is 5.91 Å². The van der Waals surface area contributed by atoms with Crippen LogP contribution in [0.4, 0.5) is 0 Å². The Morgan fingerprint density at radius 2 is 1.48 bits per heavy atom. The van der Waals surface area contributed by atoms with Gasteiger partial charge in [-0.15, -0.1) is 0 Å². The summed E-state index contributed by atoms with van der Waals surface area (Å²) >= 11 is 0. The molecule has 3 nitrogen and oxygen atoms in total. The number of rotatable bonds is 3. The number of hydrogen-bond acceptors (Lipinski definition) is 2. The Balaban J connectivity index is 1.97. The van der Waals surface area contributed by atoms with Gasteiger partial charge in [0.05, 0.1) is 12.1 Å². The summed E-state index contributed by atoms with van der Waals surface area (Å²) in [6.45, 7) is 1.92. The average molecular weight is 280 g/mol. The molecule has 0 fully saturated rings. The normalized spacial score (nSPS) is 14.4. The summed E-state index contributed by atoms with van der Waals surface area (Å²) in [7, 11) is 3.58. The number of fused-ring (bicyclic) bond motifs is 3. The van der Waals surface area contributed by atoms with Crippen molar-refractivity contribution in [3.8, 4) is 11.1 Å². The van der Waals surface area contributed by atoms with E-state index in [9.17, 15) is 4.79 Å². The van der Waals surface area contributed by atoms with Gasteiger partial charge in [0, 0.05) is 14.1 Å². The van der Waals surface area contributed by atoms with E-state index in [0.717, 1.165) is 0 Å². The zero-order valence-corrected chi connectivity index (χ0v) is 12.6. The molecule has 0 heterocycles. The van der Waals surface area contributed by atoms with Crippen molar-refractivity contribution in [1.82, 2.24) is 10.2 Å². The van der Waals surface area contributed by atoms with E-state index >= 15 is 0 Å². The summed E-state index contributed by atoms with van der Waals surface area (Å²) in [6, 6.07) is 16.7. The topological polar surface area (TPSA) is 32.3 Å². The van der Waals surface area contributed by atoms with Crippen LogP contribution >= 0.6 is 0 Å². The minimum absolute atomic E-state index is 0.0799. The highest BCUT2D eigenvalue weighted by Crippen LogP contribution is 2.43. The van der Waals surface area contributed by atoms with Crippen molar-refractivity contribution < 1.29 is 4.79 Å². The third-order valence-corrected chi connectivity index (χ3v) is 4.06. The average Bonchev–Trinajstić information content (AvgIpc) is 2.81. The molecular weight excluding hydrogens is 260 g/mol. The molecule has 1 amide bonds. The number of carbonyl (C=O) groups excluding carboxylic acids is 1. The predicted molar refractivity (Wildman–Crippen MR) is 85.0 cm³/mol. The number of amides is 1. The quantitative estimate of drug-likeness (QED) is 0.937. The van der Waals surface area contributed by atoms with Crippen LogP contribution in [0, 0.1) is 0 Å². The first-order valence-corrected chi connectivity index (χ1v) is 7.25. The molecule has 108 valence electrons. The van der Waals surface area contributed by atoms with Crippen LogP contribution in [0.25, 0.3) is 11.1 Å². The molecule has 1 aliphatic rings. The molecular formula is C18H20N2O. The second kappa shape index (κ2) is 5.34. The molecule has 0 radical (unpaired) electrons. The maximum atomic E-state index is 12.1. The molecule has 0 saturated carbocycles. The zero-order valence-electron chi connectivity index (χ0n) is 12.6. The zero-order chi connectivity index (χ0) is 15.0. The second-order valence-electron chi connectivity index (χ2n) is 5.73. The molecule has 0 saturated heterocycles. The van der Waals surface area contributed by atoms with Crippen molar-refractivity contribution in [3.05, 3.63) is 59.7 Å². The third kappa shape index (κ3) is 2.34. The fourth-order valence-corrected chi connectivity index (χ4v) is 3.04. The van der Waals surface area contributed by atoms with Gasteiger partial charge in [-0.3, -0.25) is 10.1 Å². The van der Waals surface area contributed by atoms with Crippen molar-refractivity contribution in [3.63, 3.8) is 0 Å². The van der Waals surface area contributed by atoms with Gasteiger partial charge in [0.25, 0.3) is 0 Å². The highest BCUT2D eigenvalue weighted by molar-refractivity contribution is 5.82. The fraction of sp³-hybridized carbons (Fsp3) is 0.278. The lowest BCUT2D eigenvalue weighted by Crippen LogP contribution is -2.42. The summed E-state index contributed by atoms with van der Waals surface area (Å²) < 4.78 is 0. The van der Waals surface area contributed by atoms with Crippen molar-refractivity contribution >= 4 is 5.91 Å². The molecule has 3 rings (SSSR count). The molecule has 1 aliphatic carbocycles. The van der Waals surface area contributed by atoms with Crippen LogP contribution in [-0.2, 0) is 4.79 Å². The lowest BCUT2D eigenvalue weighted by Gasteiger charge is -2.23. The minimum Gasteiger partial charge on any atom is -0.347 e. The molecule has 0 aromatic heterocycles. The van der Waals surface area contributed by atoms with E-state index in [1.54, 1.807) is 19.0 Å². The van der Waals surface area contributed by atoms with Crippen LogP contribution in [0.1, 0.15) is 24.1 Å². The summed E-state index contributed by atoms with van der Waals surface area (Å²) in [5.41, 5.74) is 5.01. The van der Waals surface area contributed by atoms with Crippen molar-refractivity contribution in [2.24, 2.45) is 0 Å². The number of nitrogens with zero attached hydrogens (tertiary/aromatic N) is 1. The molecule has 2 aromatic rings. The standard InChI is InChI=1S/C18H20N2O/c1-12(18(21)20(2)3)19-17-15-10-6-4-8-13(15)14-9-5-7-11-16(14)17/h4-12,17,19H,1-3H3. The van der Waals surface area contributed by atoms with Gasteiger partial charge < -0.3 is 4.90 Å². The van der Waals surface area contributed by atoms with E-state index in [2.05, 4.69) is 53.8 Å². The SMILES string of the molecule is CC(NC1c2ccccc2-c2ccccc21)C(=O)N(C)C. The first kappa shape index (κ1) is 13.8. The first-order valence-electron chi connectivity index (χ1n) is 7.25. The Morgan fingerprint density at radius 3 is 1.95 bits per heavy atom. The lowest BCUT2D eigenvalue weighted by atomic mass is 10.0. The number of likely N-dealkylation sites (N-methyl/N-ethyl adjacent to an activating group) is 1. The van der Waals surface area contributed by atoms with E-state index in [0.29, 0.717) is 0 Å². The predicted octanol–water partition coefficient (Wildman–Crippen LogP) is 2.82. The highest BCUT2D eigenvalue weighted by atomic mass is 16.2. The van der Waals surface area contributed by atoms with Gasteiger partial charge in [0.1, 0.15) is 0 Å². The van der Waals surface area contributed by atoms with Gasteiger partial charge in [-0.05, 0) is 29.2 Å². The maximum absolute atomic E-state index is 12.1. The number of nitrogens with one attached hydrogen (secondary N) is 1. The number of hydrogen-bond donors (Lipinski definition) is 1. The number of carbonyl (C=O) groups is 1. The Labute approximate surface area is 125 Å². The third-order valence-electron chi connectivity index (χ3n) is 4.06. The summed E-state index contributed by atoms with van der Waals surface area (Å²) in [6.07, 6.45) is 0. The van der Waals surface area contributed by atoms with Gasteiger partial charge in [-0.1, -0.05) is 48.5 Å². The smallest absolute Gasteiger partial charge is 0.238 e. The van der Waals surface area contributed by atoms with E-state index in [-0.39, 0.29) is 18.0 Å². The van der Waals surface area contributed by atoms with Crippen LogP contribution in [0.2, 0.25) is 0 Å². The minimum atomic E-state index is -0.218. The van der Waals surface area contributed by atoms with E-state index in [4.69, 9.17) is 0 Å². The monoisotopic (exact) mass is 280 g/mol. The molecule has 0 spiro atoms. The van der Waals surface area contributed by atoms with Crippen molar-refractivity contribution in [1.29, 1.82) is 0 Å². The Kier molecular flexibility index (Phi) is 3.52. The largest absolute Gasteiger partial charge is 0.347 e. The van der Waals surface area contributed by atoms with Gasteiger partial charge in [-0.25, -0.2) is 0 Å². The molecule has 1 unspecified atom stereocenters. The second-order valence-corrected chi connectivity index (χ2v) is 5.73. The summed E-state index contributed by atoms with van der Waals surface area (Å²) in [5.74, 6) is 0.0943. The van der Waals surface area contributed by atoms with Crippen molar-refractivity contribution in [2.45, 2.75) is 19.0 Å². The Bertz CT molecular complexity index is 633. The highest BCUT2D eigenvalue weighted by Gasteiger charge is 2.30. The van der Waals surface area contributed by atoms with E-state index in [1.807, 2.05) is 6.92 Å². The van der Waals surface area contributed by atoms with Crippen LogP contribution in [0.5, 0.6) is 0 Å². The Morgan fingerprint density at radius 1 is 1.00 bits per heavy atom. The first-order chi connectivity index (χ1) is 10.1. The van der Waals surface area contributed by atoms with E-state index in [1.165, 1.54) is 22.3 Å². The summed E-state index contributed by atoms with van der Waals surface area (Å²) in [4.78, 5) is 13.7. The maximum Gasteiger partial charge on any atom is 0.238 e. The molecule has 21 heavy (non-hydrogen) atoms.